The Kier molecular flexibility index (Phi) is 3.57. The van der Waals surface area contributed by atoms with Gasteiger partial charge in [-0.15, -0.1) is 0 Å². The molecule has 1 aliphatic heterocycles. The Balaban J connectivity index is 2.40. The predicted molar refractivity (Wildman–Crippen MR) is 68.5 cm³/mol. The fourth-order valence-corrected chi connectivity index (χ4v) is 2.12. The van der Waals surface area contributed by atoms with Crippen LogP contribution in [-0.2, 0) is 9.59 Å². The van der Waals surface area contributed by atoms with E-state index in [-0.39, 0.29) is 10.3 Å². The number of carbonyl (C=O) groups is 2. The van der Waals surface area contributed by atoms with Crippen LogP contribution < -0.4 is 5.32 Å². The zero-order valence-electron chi connectivity index (χ0n) is 8.44. The first-order chi connectivity index (χ1) is 8.06. The quantitative estimate of drug-likeness (QED) is 0.464. The molecule has 1 aromatic rings. The van der Waals surface area contributed by atoms with Gasteiger partial charge in [0.25, 0.3) is 0 Å². The van der Waals surface area contributed by atoms with Gasteiger partial charge in [-0.3, -0.25) is 0 Å². The average Bonchev–Trinajstić information content (AvgIpc) is 2.23. The molecule has 1 N–H and O–H groups in total. The zero-order valence-corrected chi connectivity index (χ0v) is 11.7. The van der Waals surface area contributed by atoms with Gasteiger partial charge in [0.1, 0.15) is 0 Å². The molecule has 1 aliphatic rings. The topological polar surface area (TPSA) is 58.5 Å². The van der Waals surface area contributed by atoms with Crippen LogP contribution >= 0.6 is 15.9 Å². The molecule has 0 bridgehead atoms. The first kappa shape index (κ1) is 12.2. The van der Waals surface area contributed by atoms with Crippen LogP contribution in [0.5, 0.6) is 0 Å². The first-order valence-corrected chi connectivity index (χ1v) is 6.30. The van der Waals surface area contributed by atoms with E-state index in [0.29, 0.717) is 0 Å². The number of aliphatic imine (C=N–C) groups is 1. The maximum absolute atomic E-state index is 11.6. The van der Waals surface area contributed by atoms with Crippen molar-refractivity contribution >= 4 is 54.6 Å². The Labute approximate surface area is 114 Å². The van der Waals surface area contributed by atoms with Crippen LogP contribution in [0.15, 0.2) is 39.3 Å². The van der Waals surface area contributed by atoms with Gasteiger partial charge in [-0.2, -0.15) is 0 Å². The number of carbonyl (C=O) groups excluding carboxylic acids is 2. The Morgan fingerprint density at radius 1 is 1.35 bits per heavy atom. The monoisotopic (exact) mass is 357 g/mol. The van der Waals surface area contributed by atoms with Crippen molar-refractivity contribution in [3.8, 4) is 0 Å². The van der Waals surface area contributed by atoms with Gasteiger partial charge < -0.3 is 0 Å². The zero-order chi connectivity index (χ0) is 12.4. The number of amides is 2. The van der Waals surface area contributed by atoms with Crippen molar-refractivity contribution in [3.63, 3.8) is 0 Å². The van der Waals surface area contributed by atoms with Crippen molar-refractivity contribution in [2.75, 3.05) is 0 Å². The molecule has 0 unspecified atom stereocenters. The fraction of sp³-hybridized carbons (Fsp3) is 0. The van der Waals surface area contributed by atoms with Crippen molar-refractivity contribution in [3.05, 3.63) is 39.9 Å². The van der Waals surface area contributed by atoms with Gasteiger partial charge in [-0.25, -0.2) is 0 Å². The van der Waals surface area contributed by atoms with E-state index in [1.165, 1.54) is 6.08 Å². The van der Waals surface area contributed by atoms with Crippen molar-refractivity contribution in [2.45, 2.75) is 0 Å². The molecule has 4 nitrogen and oxygen atoms in total. The normalized spacial score (nSPS) is 17.9. The predicted octanol–water partition coefficient (Wildman–Crippen LogP) is 1.01. The number of hydrogen-bond donors (Lipinski definition) is 1. The summed E-state index contributed by atoms with van der Waals surface area (Å²) in [6, 6.07) is 7.30. The second-order valence-electron chi connectivity index (χ2n) is 3.29. The summed E-state index contributed by atoms with van der Waals surface area (Å²) < 4.78 is 1.08. The van der Waals surface area contributed by atoms with Gasteiger partial charge in [0.2, 0.25) is 0 Å². The van der Waals surface area contributed by atoms with E-state index < -0.39 is 11.8 Å². The van der Waals surface area contributed by atoms with Crippen molar-refractivity contribution in [1.29, 1.82) is 0 Å². The third kappa shape index (κ3) is 2.91. The van der Waals surface area contributed by atoms with E-state index in [2.05, 4.69) is 42.3 Å². The van der Waals surface area contributed by atoms with Gasteiger partial charge in [-0.1, -0.05) is 0 Å². The van der Waals surface area contributed by atoms with Crippen LogP contribution in [0.1, 0.15) is 5.56 Å². The molecule has 0 saturated heterocycles. The first-order valence-electron chi connectivity index (χ1n) is 4.65. The van der Waals surface area contributed by atoms with E-state index in [1.807, 2.05) is 18.2 Å². The van der Waals surface area contributed by atoms with Gasteiger partial charge >= 0.3 is 114 Å². The van der Waals surface area contributed by atoms with E-state index in [9.17, 15) is 9.59 Å². The van der Waals surface area contributed by atoms with Crippen LogP contribution in [0.25, 0.3) is 6.08 Å². The average molecular weight is 357 g/mol. The maximum atomic E-state index is 11.6. The third-order valence-electron chi connectivity index (χ3n) is 2.06. The number of benzene rings is 1. The van der Waals surface area contributed by atoms with Crippen LogP contribution in [0.3, 0.4) is 0 Å². The van der Waals surface area contributed by atoms with E-state index in [0.717, 1.165) is 10.0 Å². The summed E-state index contributed by atoms with van der Waals surface area (Å²) in [4.78, 5) is 26.8. The summed E-state index contributed by atoms with van der Waals surface area (Å²) in [5, 5.41) is 2.45. The number of amidine groups is 1. The second-order valence-corrected chi connectivity index (χ2v) is 5.02. The van der Waals surface area contributed by atoms with Crippen molar-refractivity contribution in [2.24, 2.45) is 4.99 Å². The van der Waals surface area contributed by atoms with Gasteiger partial charge in [-0.05, 0) is 0 Å². The number of rotatable bonds is 1. The van der Waals surface area contributed by atoms with Gasteiger partial charge in [0.15, 0.2) is 0 Å². The van der Waals surface area contributed by atoms with Crippen molar-refractivity contribution in [1.82, 2.24) is 5.32 Å². The summed E-state index contributed by atoms with van der Waals surface area (Å²) in [6.07, 6.45) is 1.51. The third-order valence-corrected chi connectivity index (χ3v) is 2.96. The molecule has 0 aromatic heterocycles. The summed E-state index contributed by atoms with van der Waals surface area (Å²) in [7, 11) is 0. The van der Waals surface area contributed by atoms with Crippen molar-refractivity contribution < 1.29 is 9.59 Å². The molecule has 0 atom stereocenters. The Bertz CT molecular complexity index is 566. The van der Waals surface area contributed by atoms with Crippen LogP contribution in [-0.4, -0.2) is 32.6 Å². The number of hydrogen-bond acceptors (Lipinski definition) is 2. The molecule has 0 fully saturated rings. The molecule has 6 heteroatoms. The number of nitrogens with one attached hydrogen (secondary N) is 1. The minimum atomic E-state index is -0.539. The summed E-state index contributed by atoms with van der Waals surface area (Å²) in [5.74, 6) is -0.985. The van der Waals surface area contributed by atoms with Crippen LogP contribution in [0, 0.1) is 0 Å². The number of nitrogens with zero attached hydrogens (tertiary/aromatic N) is 1. The molecule has 0 aliphatic carbocycles. The van der Waals surface area contributed by atoms with E-state index >= 15 is 0 Å². The summed E-state index contributed by atoms with van der Waals surface area (Å²) in [5.41, 5.74) is 0.790. The molecular formula is C11H6BrN2O2Se. The second kappa shape index (κ2) is 4.96. The molecule has 0 spiro atoms. The van der Waals surface area contributed by atoms with Crippen LogP contribution in [0.4, 0.5) is 0 Å². The van der Waals surface area contributed by atoms with Crippen LogP contribution in [0.2, 0.25) is 0 Å². The van der Waals surface area contributed by atoms with Gasteiger partial charge in [0, 0.05) is 0 Å². The Morgan fingerprint density at radius 2 is 2.12 bits per heavy atom. The molecule has 0 saturated carbocycles. The molecule has 1 radical (unpaired) electrons. The SMILES string of the molecule is O=C1N=C([Se])NC(=O)/C1=C/c1cccc(Br)c1. The molecule has 2 amide bonds. The molecule has 85 valence electrons. The van der Waals surface area contributed by atoms with E-state index in [1.54, 1.807) is 6.07 Å². The Morgan fingerprint density at radius 3 is 2.76 bits per heavy atom. The summed E-state index contributed by atoms with van der Waals surface area (Å²) in [6.45, 7) is 0. The molecule has 1 aromatic carbocycles. The van der Waals surface area contributed by atoms with E-state index in [4.69, 9.17) is 0 Å². The van der Waals surface area contributed by atoms with Gasteiger partial charge in [0.05, 0.1) is 0 Å². The fourth-order valence-electron chi connectivity index (χ4n) is 1.33. The molecule has 17 heavy (non-hydrogen) atoms. The molecular weight excluding hydrogens is 351 g/mol. The minimum absolute atomic E-state index is 0.0297. The summed E-state index contributed by atoms with van der Waals surface area (Å²) >= 11 is 5.82. The Hall–Kier alpha value is -1.23. The standard InChI is InChI=1S/C11H6BrN2O2Se/c12-7-3-1-2-6(4-7)5-8-9(15)13-11(17)14-10(8)16/h1-5H,(H,13,14,15,16). The number of halogens is 1. The molecule has 1 heterocycles. The molecule has 2 rings (SSSR count).